The van der Waals surface area contributed by atoms with Gasteiger partial charge in [0.2, 0.25) is 0 Å². The Bertz CT molecular complexity index is 468. The quantitative estimate of drug-likeness (QED) is 0.798. The summed E-state index contributed by atoms with van der Waals surface area (Å²) in [5.74, 6) is 1.07. The van der Waals surface area contributed by atoms with Gasteiger partial charge in [-0.3, -0.25) is 0 Å². The van der Waals surface area contributed by atoms with E-state index in [0.717, 1.165) is 0 Å². The Morgan fingerprint density at radius 2 is 1.11 bits per heavy atom. The molecule has 0 saturated carbocycles. The minimum Gasteiger partial charge on any atom is -0.416 e. The molecule has 0 radical (unpaired) electrons. The fourth-order valence-corrected chi connectivity index (χ4v) is 2.41. The van der Waals surface area contributed by atoms with Gasteiger partial charge in [0.1, 0.15) is 11.5 Å². The van der Waals surface area contributed by atoms with Gasteiger partial charge in [-0.05, 0) is 24.3 Å². The predicted octanol–water partition coefficient (Wildman–Crippen LogP) is 3.14. The summed E-state index contributed by atoms with van der Waals surface area (Å²) < 4.78 is 22.8. The van der Waals surface area contributed by atoms with Crippen LogP contribution in [0, 0.1) is 0 Å². The normalized spacial score (nSPS) is 10.3. The third-order valence-corrected chi connectivity index (χ3v) is 3.11. The third-order valence-electron chi connectivity index (χ3n) is 2.03. The van der Waals surface area contributed by atoms with Crippen LogP contribution in [0.1, 0.15) is 0 Å². The predicted molar refractivity (Wildman–Crippen MR) is 71.3 cm³/mol. The maximum Gasteiger partial charge on any atom is 0.427 e. The number of para-hydroxylation sites is 2. The summed E-state index contributed by atoms with van der Waals surface area (Å²) in [6.45, 7) is 1.45. The van der Waals surface area contributed by atoms with E-state index in [1.807, 2.05) is 36.4 Å². The zero-order valence-corrected chi connectivity index (χ0v) is 10.8. The fraction of sp³-hybridized carbons (Fsp3) is 0.0769. The van der Waals surface area contributed by atoms with Gasteiger partial charge in [-0.2, -0.15) is 0 Å². The maximum atomic E-state index is 12.1. The van der Waals surface area contributed by atoms with E-state index in [1.165, 1.54) is 6.66 Å². The second-order valence-electron chi connectivity index (χ2n) is 3.58. The van der Waals surface area contributed by atoms with Crippen molar-refractivity contribution >= 4 is 7.60 Å². The number of benzene rings is 2. The summed E-state index contributed by atoms with van der Waals surface area (Å²) >= 11 is 0. The molecular weight excluding hydrogens is 251 g/mol. The highest BCUT2D eigenvalue weighted by Gasteiger charge is 2.19. The lowest BCUT2D eigenvalue weighted by atomic mass is 10.3. The van der Waals surface area contributed by atoms with Crippen LogP contribution in [0.15, 0.2) is 60.7 Å². The monoisotopic (exact) mass is 266 g/mol. The first-order valence-corrected chi connectivity index (χ1v) is 7.21. The molecule has 0 atom stereocenters. The van der Waals surface area contributed by atoms with E-state index in [-0.39, 0.29) is 5.48 Å². The van der Waals surface area contributed by atoms with Crippen molar-refractivity contribution in [2.45, 2.75) is 0 Å². The van der Waals surface area contributed by atoms with Gasteiger partial charge in [-0.25, -0.2) is 4.57 Å². The van der Waals surface area contributed by atoms with Crippen molar-refractivity contribution in [3.63, 3.8) is 0 Å². The van der Waals surface area contributed by atoms with Crippen LogP contribution in [-0.4, -0.2) is 12.1 Å². The molecule has 0 aliphatic rings. The molecule has 0 aliphatic carbocycles. The van der Waals surface area contributed by atoms with Crippen molar-refractivity contribution in [2.75, 3.05) is 6.66 Å². The van der Waals surface area contributed by atoms with Crippen molar-refractivity contribution in [2.24, 2.45) is 0 Å². The van der Waals surface area contributed by atoms with Crippen LogP contribution in [0.4, 0.5) is 0 Å². The molecule has 2 N–H and O–H groups in total. The molecule has 4 nitrogen and oxygen atoms in total. The molecule has 96 valence electrons. The highest BCUT2D eigenvalue weighted by atomic mass is 31.2. The van der Waals surface area contributed by atoms with Gasteiger partial charge in [0.25, 0.3) is 0 Å². The Balaban J connectivity index is 0.00000162. The van der Waals surface area contributed by atoms with E-state index in [1.54, 1.807) is 24.3 Å². The molecule has 0 unspecified atom stereocenters. The summed E-state index contributed by atoms with van der Waals surface area (Å²) in [5, 5.41) is 0. The largest absolute Gasteiger partial charge is 0.427 e. The smallest absolute Gasteiger partial charge is 0.416 e. The molecular formula is C13H15O4P. The van der Waals surface area contributed by atoms with Gasteiger partial charge in [0.05, 0.1) is 6.66 Å². The zero-order chi connectivity index (χ0) is 12.1. The molecule has 0 bridgehead atoms. The van der Waals surface area contributed by atoms with Crippen LogP contribution >= 0.6 is 7.60 Å². The second kappa shape index (κ2) is 6.24. The standard InChI is InChI=1S/C13H13O3P.H2O/c1-17(14,15-12-8-4-2-5-9-12)16-13-10-6-3-7-11-13;/h2-11H,1H3;1H2. The van der Waals surface area contributed by atoms with Crippen molar-refractivity contribution in [3.05, 3.63) is 60.7 Å². The fourth-order valence-electron chi connectivity index (χ4n) is 1.36. The van der Waals surface area contributed by atoms with Gasteiger partial charge >= 0.3 is 7.60 Å². The van der Waals surface area contributed by atoms with Crippen LogP contribution < -0.4 is 9.05 Å². The van der Waals surface area contributed by atoms with Crippen molar-refractivity contribution in [1.82, 2.24) is 0 Å². The molecule has 0 heterocycles. The van der Waals surface area contributed by atoms with Crippen LogP contribution in [0.2, 0.25) is 0 Å². The zero-order valence-electron chi connectivity index (χ0n) is 9.95. The molecule has 2 rings (SSSR count). The van der Waals surface area contributed by atoms with Crippen LogP contribution in [0.5, 0.6) is 11.5 Å². The van der Waals surface area contributed by atoms with Crippen LogP contribution in [0.25, 0.3) is 0 Å². The Morgan fingerprint density at radius 1 is 0.778 bits per heavy atom. The van der Waals surface area contributed by atoms with E-state index in [9.17, 15) is 4.57 Å². The maximum absolute atomic E-state index is 12.1. The van der Waals surface area contributed by atoms with Crippen molar-refractivity contribution in [1.29, 1.82) is 0 Å². The first kappa shape index (κ1) is 14.3. The van der Waals surface area contributed by atoms with E-state index in [0.29, 0.717) is 11.5 Å². The molecule has 2 aromatic carbocycles. The van der Waals surface area contributed by atoms with Crippen LogP contribution in [0.3, 0.4) is 0 Å². The highest BCUT2D eigenvalue weighted by Crippen LogP contribution is 2.44. The first-order chi connectivity index (χ1) is 8.16. The van der Waals surface area contributed by atoms with Crippen molar-refractivity contribution in [3.8, 4) is 11.5 Å². The molecule has 0 amide bonds. The average Bonchev–Trinajstić information content (AvgIpc) is 2.30. The minimum absolute atomic E-state index is 0. The number of rotatable bonds is 4. The molecule has 2 aromatic rings. The van der Waals surface area contributed by atoms with E-state index >= 15 is 0 Å². The summed E-state index contributed by atoms with van der Waals surface area (Å²) in [7, 11) is -3.14. The Hall–Kier alpha value is -1.77. The van der Waals surface area contributed by atoms with Crippen LogP contribution in [-0.2, 0) is 4.57 Å². The minimum atomic E-state index is -3.14. The highest BCUT2D eigenvalue weighted by molar-refractivity contribution is 7.53. The Labute approximate surface area is 106 Å². The lowest BCUT2D eigenvalue weighted by Gasteiger charge is -2.15. The molecule has 0 aliphatic heterocycles. The Morgan fingerprint density at radius 3 is 1.44 bits per heavy atom. The summed E-state index contributed by atoms with van der Waals surface area (Å²) in [6.07, 6.45) is 0. The van der Waals surface area contributed by atoms with E-state index in [4.69, 9.17) is 9.05 Å². The van der Waals surface area contributed by atoms with Gasteiger partial charge in [-0.1, -0.05) is 36.4 Å². The van der Waals surface area contributed by atoms with Crippen molar-refractivity contribution < 1.29 is 19.1 Å². The molecule has 18 heavy (non-hydrogen) atoms. The van der Waals surface area contributed by atoms with E-state index in [2.05, 4.69) is 0 Å². The first-order valence-electron chi connectivity index (χ1n) is 5.22. The number of hydrogen-bond donors (Lipinski definition) is 0. The topological polar surface area (TPSA) is 67.0 Å². The molecule has 0 aromatic heterocycles. The molecule has 0 fully saturated rings. The van der Waals surface area contributed by atoms with E-state index < -0.39 is 7.60 Å². The molecule has 0 saturated heterocycles. The summed E-state index contributed by atoms with van der Waals surface area (Å²) in [5.41, 5.74) is 0. The summed E-state index contributed by atoms with van der Waals surface area (Å²) in [6, 6.07) is 18.0. The molecule has 5 heteroatoms. The SMILES string of the molecule is CP(=O)(Oc1ccccc1)Oc1ccccc1.O. The van der Waals surface area contributed by atoms with Gasteiger partial charge < -0.3 is 14.5 Å². The Kier molecular flexibility index (Phi) is 4.95. The van der Waals surface area contributed by atoms with Gasteiger partial charge in [-0.15, -0.1) is 0 Å². The lowest BCUT2D eigenvalue weighted by molar-refractivity contribution is 0.393. The third kappa shape index (κ3) is 4.24. The lowest BCUT2D eigenvalue weighted by Crippen LogP contribution is -1.98. The van der Waals surface area contributed by atoms with Gasteiger partial charge in [0, 0.05) is 0 Å². The average molecular weight is 266 g/mol. The molecule has 0 spiro atoms. The second-order valence-corrected chi connectivity index (χ2v) is 5.49. The van der Waals surface area contributed by atoms with Gasteiger partial charge in [0.15, 0.2) is 0 Å². The number of hydrogen-bond acceptors (Lipinski definition) is 3. The summed E-state index contributed by atoms with van der Waals surface area (Å²) in [4.78, 5) is 0.